The van der Waals surface area contributed by atoms with Gasteiger partial charge in [-0.25, -0.2) is 0 Å². The summed E-state index contributed by atoms with van der Waals surface area (Å²) in [7, 11) is 0. The van der Waals surface area contributed by atoms with Crippen LogP contribution >= 0.6 is 0 Å². The van der Waals surface area contributed by atoms with Crippen LogP contribution in [0.15, 0.2) is 48.5 Å². The van der Waals surface area contributed by atoms with E-state index in [1.165, 1.54) is 12.8 Å². The summed E-state index contributed by atoms with van der Waals surface area (Å²) in [5.41, 5.74) is 3.56. The van der Waals surface area contributed by atoms with Gasteiger partial charge in [-0.2, -0.15) is 13.2 Å². The van der Waals surface area contributed by atoms with Crippen molar-refractivity contribution in [2.24, 2.45) is 16.7 Å². The fraction of sp³-hybridized carbons (Fsp3) is 0.611. The summed E-state index contributed by atoms with van der Waals surface area (Å²) in [5, 5.41) is 12.3. The van der Waals surface area contributed by atoms with Crippen molar-refractivity contribution in [2.45, 2.75) is 103 Å². The van der Waals surface area contributed by atoms with Crippen LogP contribution in [0.2, 0.25) is 0 Å². The summed E-state index contributed by atoms with van der Waals surface area (Å²) in [5.74, 6) is -2.59. The van der Waals surface area contributed by atoms with Gasteiger partial charge < -0.3 is 24.8 Å². The first-order valence-corrected chi connectivity index (χ1v) is 16.7. The Morgan fingerprint density at radius 1 is 1.00 bits per heavy atom. The topological polar surface area (TPSA) is 91.3 Å². The predicted molar refractivity (Wildman–Crippen MR) is 170 cm³/mol. The molecule has 2 amide bonds. The molecule has 2 N–H and O–H groups in total. The van der Waals surface area contributed by atoms with Gasteiger partial charge in [-0.05, 0) is 66.2 Å². The first kappa shape index (κ1) is 33.9. The summed E-state index contributed by atoms with van der Waals surface area (Å²) in [6.45, 7) is 11.0. The zero-order valence-electron chi connectivity index (χ0n) is 27.6. The third-order valence-electron chi connectivity index (χ3n) is 10.6. The molecule has 0 spiro atoms. The normalized spacial score (nSPS) is 32.4. The number of aliphatic hydroxyl groups is 1. The number of aliphatic hydroxyl groups excluding tert-OH is 1. The molecule has 1 saturated carbocycles. The summed E-state index contributed by atoms with van der Waals surface area (Å²) in [6, 6.07) is 14.1. The predicted octanol–water partition coefficient (Wildman–Crippen LogP) is 6.36. The summed E-state index contributed by atoms with van der Waals surface area (Å²) >= 11 is 0. The number of halogens is 3. The Kier molecular flexibility index (Phi) is 9.23. The second-order valence-electron chi connectivity index (χ2n) is 15.2. The van der Waals surface area contributed by atoms with Crippen molar-refractivity contribution in [1.82, 2.24) is 9.80 Å². The van der Waals surface area contributed by atoms with Gasteiger partial charge in [0.05, 0.1) is 18.8 Å². The maximum Gasteiger partial charge on any atom is 0.471 e. The highest BCUT2D eigenvalue weighted by atomic mass is 19.4. The van der Waals surface area contributed by atoms with E-state index in [2.05, 4.69) is 37.9 Å². The van der Waals surface area contributed by atoms with E-state index in [4.69, 9.17) is 9.47 Å². The molecular formula is C36H46F3N3O5. The number of amides is 2. The standard InChI is InChI=1S/C36H46F3N3O5/c1-22-29(18-41-21-35(4)17-27(41)16-34(2,3)20-35)46-32(47-30(22)24-9-7-23(19-43)8-10-24)25-11-13-26(14-12-25)40-31(44)28-6-5-15-42(28)33(45)36(37,38)39/h7-14,22,27-30,32,43H,5-6,15-21H2,1-4H3,(H,40,44)/t22-,27?,28-,29+,30+,32+,35?/m0/s1. The minimum Gasteiger partial charge on any atom is -0.392 e. The lowest BCUT2D eigenvalue weighted by molar-refractivity contribution is -0.276. The van der Waals surface area contributed by atoms with Crippen LogP contribution in [-0.2, 0) is 25.7 Å². The Labute approximate surface area is 274 Å². The number of likely N-dealkylation sites (tertiary alicyclic amines) is 2. The van der Waals surface area contributed by atoms with Crippen LogP contribution in [0.3, 0.4) is 0 Å². The molecule has 3 heterocycles. The Balaban J connectivity index is 1.19. The number of anilines is 1. The van der Waals surface area contributed by atoms with Crippen LogP contribution < -0.4 is 5.32 Å². The monoisotopic (exact) mass is 657 g/mol. The molecule has 0 radical (unpaired) electrons. The first-order valence-electron chi connectivity index (χ1n) is 16.7. The van der Waals surface area contributed by atoms with Crippen molar-refractivity contribution in [3.63, 3.8) is 0 Å². The van der Waals surface area contributed by atoms with Gasteiger partial charge in [0, 0.05) is 42.8 Å². The van der Waals surface area contributed by atoms with Crippen molar-refractivity contribution in [3.05, 3.63) is 65.2 Å². The number of alkyl halides is 3. The molecule has 11 heteroatoms. The van der Waals surface area contributed by atoms with E-state index in [1.54, 1.807) is 24.3 Å². The van der Waals surface area contributed by atoms with Gasteiger partial charge in [-0.3, -0.25) is 14.5 Å². The molecule has 2 unspecified atom stereocenters. The molecule has 4 aliphatic rings. The zero-order chi connectivity index (χ0) is 33.7. The molecule has 8 nitrogen and oxygen atoms in total. The van der Waals surface area contributed by atoms with Gasteiger partial charge >= 0.3 is 12.1 Å². The van der Waals surface area contributed by atoms with Gasteiger partial charge in [-0.1, -0.05) is 64.1 Å². The second-order valence-corrected chi connectivity index (χ2v) is 15.2. The highest BCUT2D eigenvalue weighted by molar-refractivity contribution is 5.98. The van der Waals surface area contributed by atoms with Gasteiger partial charge in [0.15, 0.2) is 6.29 Å². The Hall–Kier alpha value is -2.99. The largest absolute Gasteiger partial charge is 0.471 e. The number of benzene rings is 2. The first-order chi connectivity index (χ1) is 22.1. The summed E-state index contributed by atoms with van der Waals surface area (Å²) < 4.78 is 52.5. The summed E-state index contributed by atoms with van der Waals surface area (Å²) in [4.78, 5) is 28.0. The number of nitrogens with one attached hydrogen (secondary N) is 1. The van der Waals surface area contributed by atoms with Crippen LogP contribution in [0, 0.1) is 16.7 Å². The fourth-order valence-electron chi connectivity index (χ4n) is 8.74. The van der Waals surface area contributed by atoms with Crippen molar-refractivity contribution in [1.29, 1.82) is 0 Å². The number of ether oxygens (including phenoxy) is 2. The maximum absolute atomic E-state index is 13.1. The zero-order valence-corrected chi connectivity index (χ0v) is 27.6. The van der Waals surface area contributed by atoms with Gasteiger partial charge in [0.25, 0.3) is 0 Å². The van der Waals surface area contributed by atoms with E-state index in [0.717, 1.165) is 36.2 Å². The van der Waals surface area contributed by atoms with Crippen LogP contribution in [0.4, 0.5) is 18.9 Å². The lowest BCUT2D eigenvalue weighted by Crippen LogP contribution is -2.48. The van der Waals surface area contributed by atoms with Crippen molar-refractivity contribution in [3.8, 4) is 0 Å². The molecule has 6 rings (SSSR count). The SMILES string of the molecule is C[C@H]1[C@@H](CN2CC3(C)CC2CC(C)(C)C3)O[C@@H](c2ccc(NC(=O)[C@@H]3CCCN3C(=O)C(F)(F)F)cc2)O[C@H]1c1ccc(CO)cc1. The Morgan fingerprint density at radius 3 is 2.34 bits per heavy atom. The van der Waals surface area contributed by atoms with E-state index in [1.807, 2.05) is 24.3 Å². The number of nitrogens with zero attached hydrogens (tertiary/aromatic N) is 2. The third-order valence-corrected chi connectivity index (χ3v) is 10.6. The van der Waals surface area contributed by atoms with E-state index in [-0.39, 0.29) is 43.1 Å². The van der Waals surface area contributed by atoms with E-state index in [0.29, 0.717) is 28.5 Å². The fourth-order valence-corrected chi connectivity index (χ4v) is 8.74. The van der Waals surface area contributed by atoms with Gasteiger partial charge in [-0.15, -0.1) is 0 Å². The number of carbonyl (C=O) groups is 2. The molecule has 3 saturated heterocycles. The number of rotatable bonds is 7. The van der Waals surface area contributed by atoms with Crippen LogP contribution in [-0.4, -0.2) is 70.7 Å². The molecular weight excluding hydrogens is 611 g/mol. The molecule has 2 aromatic rings. The van der Waals surface area contributed by atoms with Crippen molar-refractivity contribution in [2.75, 3.05) is 25.0 Å². The van der Waals surface area contributed by atoms with Gasteiger partial charge in [0.2, 0.25) is 5.91 Å². The van der Waals surface area contributed by atoms with Crippen LogP contribution in [0.1, 0.15) is 88.9 Å². The van der Waals surface area contributed by atoms with E-state index >= 15 is 0 Å². The molecule has 1 aliphatic carbocycles. The lowest BCUT2D eigenvalue weighted by atomic mass is 9.65. The minimum absolute atomic E-state index is 0.0402. The molecule has 3 aliphatic heterocycles. The Bertz CT molecular complexity index is 1450. The summed E-state index contributed by atoms with van der Waals surface area (Å²) in [6.07, 6.45) is -2.04. The third kappa shape index (κ3) is 7.23. The highest BCUT2D eigenvalue weighted by Gasteiger charge is 2.51. The average molecular weight is 658 g/mol. The van der Waals surface area contributed by atoms with E-state index in [9.17, 15) is 27.9 Å². The number of hydrogen-bond acceptors (Lipinski definition) is 6. The van der Waals surface area contributed by atoms with Crippen LogP contribution in [0.5, 0.6) is 0 Å². The molecule has 47 heavy (non-hydrogen) atoms. The quantitative estimate of drug-likeness (QED) is 0.360. The number of carbonyl (C=O) groups excluding carboxylic acids is 2. The van der Waals surface area contributed by atoms with Crippen LogP contribution in [0.25, 0.3) is 0 Å². The molecule has 2 aromatic carbocycles. The van der Waals surface area contributed by atoms with Gasteiger partial charge in [0.1, 0.15) is 6.04 Å². The van der Waals surface area contributed by atoms with Crippen molar-refractivity contribution >= 4 is 17.5 Å². The minimum atomic E-state index is -5.03. The second kappa shape index (κ2) is 12.8. The Morgan fingerprint density at radius 2 is 1.68 bits per heavy atom. The molecule has 7 atom stereocenters. The lowest BCUT2D eigenvalue weighted by Gasteiger charge is -2.43. The van der Waals surface area contributed by atoms with E-state index < -0.39 is 30.3 Å². The highest BCUT2D eigenvalue weighted by Crippen LogP contribution is 2.53. The molecule has 4 fully saturated rings. The van der Waals surface area contributed by atoms with Crippen molar-refractivity contribution < 1.29 is 37.3 Å². The average Bonchev–Trinajstić information content (AvgIpc) is 3.59. The number of hydrogen-bond donors (Lipinski definition) is 2. The molecule has 0 aromatic heterocycles. The smallest absolute Gasteiger partial charge is 0.392 e. The number of fused-ring (bicyclic) bond motifs is 2. The maximum atomic E-state index is 13.1. The molecule has 2 bridgehead atoms. The molecule has 256 valence electrons.